The molecule has 1 heterocycles. The molecule has 0 amide bonds. The molecule has 19 heavy (non-hydrogen) atoms. The van der Waals surface area contributed by atoms with Gasteiger partial charge in [-0.2, -0.15) is 5.10 Å². The Morgan fingerprint density at radius 3 is 2.74 bits per heavy atom. The van der Waals surface area contributed by atoms with Gasteiger partial charge in [0.2, 0.25) is 0 Å². The second-order valence-electron chi connectivity index (χ2n) is 4.51. The Bertz CT molecular complexity index is 413. The summed E-state index contributed by atoms with van der Waals surface area (Å²) in [6, 6.07) is 2.16. The van der Waals surface area contributed by atoms with Crippen molar-refractivity contribution in [1.82, 2.24) is 14.7 Å². The predicted molar refractivity (Wildman–Crippen MR) is 76.3 cm³/mol. The fourth-order valence-electron chi connectivity index (χ4n) is 1.99. The van der Waals surface area contributed by atoms with Gasteiger partial charge in [-0.15, -0.1) is 0 Å². The number of nitrogens with two attached hydrogens (primary N) is 1. The third kappa shape index (κ3) is 4.55. The first-order valence-corrected chi connectivity index (χ1v) is 6.88. The van der Waals surface area contributed by atoms with Crippen molar-refractivity contribution < 1.29 is 5.21 Å². The summed E-state index contributed by atoms with van der Waals surface area (Å²) < 4.78 is 2.05. The topological polar surface area (TPSA) is 79.7 Å². The highest BCUT2D eigenvalue weighted by Gasteiger charge is 2.10. The molecule has 6 heteroatoms. The molecule has 0 atom stereocenters. The second-order valence-corrected chi connectivity index (χ2v) is 4.51. The fraction of sp³-hybridized carbons (Fsp3) is 0.692. The van der Waals surface area contributed by atoms with Crippen molar-refractivity contribution in [3.63, 3.8) is 0 Å². The van der Waals surface area contributed by atoms with Crippen LogP contribution in [0.2, 0.25) is 0 Å². The summed E-state index contributed by atoms with van der Waals surface area (Å²) in [4.78, 5) is 2.26. The Morgan fingerprint density at radius 2 is 2.21 bits per heavy atom. The molecule has 0 radical (unpaired) electrons. The van der Waals surface area contributed by atoms with Gasteiger partial charge in [0, 0.05) is 26.1 Å². The monoisotopic (exact) mass is 267 g/mol. The molecule has 3 N–H and O–H groups in total. The van der Waals surface area contributed by atoms with Gasteiger partial charge in [-0.1, -0.05) is 19.0 Å². The van der Waals surface area contributed by atoms with Gasteiger partial charge in [0.25, 0.3) is 0 Å². The summed E-state index contributed by atoms with van der Waals surface area (Å²) in [5.41, 5.74) is 7.86. The Balaban J connectivity index is 2.66. The minimum Gasteiger partial charge on any atom is -0.409 e. The van der Waals surface area contributed by atoms with Gasteiger partial charge >= 0.3 is 0 Å². The van der Waals surface area contributed by atoms with Gasteiger partial charge in [-0.3, -0.25) is 9.58 Å². The summed E-state index contributed by atoms with van der Waals surface area (Å²) in [5.74, 6) is 0.275. The van der Waals surface area contributed by atoms with Crippen LogP contribution in [0.1, 0.15) is 38.6 Å². The summed E-state index contributed by atoms with van der Waals surface area (Å²) in [5, 5.41) is 16.1. The number of nitrogens with zero attached hydrogens (tertiary/aromatic N) is 4. The minimum absolute atomic E-state index is 0.275. The minimum atomic E-state index is 0.275. The highest BCUT2D eigenvalue weighted by molar-refractivity contribution is 5.79. The van der Waals surface area contributed by atoms with Gasteiger partial charge in [0.05, 0.1) is 11.4 Å². The lowest BCUT2D eigenvalue weighted by atomic mass is 10.2. The van der Waals surface area contributed by atoms with Gasteiger partial charge in [0.15, 0.2) is 0 Å². The maximum Gasteiger partial charge on any atom is 0.140 e. The Labute approximate surface area is 114 Å². The summed E-state index contributed by atoms with van der Waals surface area (Å²) in [7, 11) is 0. The van der Waals surface area contributed by atoms with Crippen LogP contribution in [-0.2, 0) is 19.5 Å². The van der Waals surface area contributed by atoms with Crippen LogP contribution in [0.4, 0.5) is 0 Å². The van der Waals surface area contributed by atoms with E-state index in [-0.39, 0.29) is 5.84 Å². The lowest BCUT2D eigenvalue weighted by molar-refractivity contribution is 0.275. The second kappa shape index (κ2) is 7.78. The first-order valence-electron chi connectivity index (χ1n) is 6.88. The third-order valence-corrected chi connectivity index (χ3v) is 3.22. The third-order valence-electron chi connectivity index (χ3n) is 3.22. The van der Waals surface area contributed by atoms with E-state index in [1.165, 1.54) is 5.69 Å². The molecule has 6 nitrogen and oxygen atoms in total. The molecule has 0 aliphatic heterocycles. The SMILES string of the molecule is CCc1cc(CN(CC)CCC(N)=NO)n(CC)n1. The number of hydrogen-bond donors (Lipinski definition) is 2. The van der Waals surface area contributed by atoms with E-state index in [0.29, 0.717) is 6.42 Å². The largest absolute Gasteiger partial charge is 0.409 e. The molecule has 1 rings (SSSR count). The Morgan fingerprint density at radius 1 is 1.47 bits per heavy atom. The van der Waals surface area contributed by atoms with E-state index in [9.17, 15) is 0 Å². The molecule has 0 saturated carbocycles. The molecule has 0 bridgehead atoms. The zero-order chi connectivity index (χ0) is 14.3. The van der Waals surface area contributed by atoms with E-state index < -0.39 is 0 Å². The lowest BCUT2D eigenvalue weighted by Crippen LogP contribution is -2.28. The number of hydrogen-bond acceptors (Lipinski definition) is 4. The molecule has 0 aromatic carbocycles. The number of aryl methyl sites for hydroxylation is 2. The maximum atomic E-state index is 8.56. The first-order chi connectivity index (χ1) is 9.14. The molecule has 1 aromatic rings. The van der Waals surface area contributed by atoms with Crippen molar-refractivity contribution in [2.24, 2.45) is 10.9 Å². The zero-order valence-corrected chi connectivity index (χ0v) is 12.1. The Hall–Kier alpha value is -1.56. The molecule has 0 saturated heterocycles. The highest BCUT2D eigenvalue weighted by Crippen LogP contribution is 2.09. The molecule has 0 fully saturated rings. The summed E-state index contributed by atoms with van der Waals surface area (Å²) in [6.07, 6.45) is 1.53. The maximum absolute atomic E-state index is 8.56. The normalized spacial score (nSPS) is 12.3. The van der Waals surface area contributed by atoms with Crippen molar-refractivity contribution in [2.45, 2.75) is 46.7 Å². The quantitative estimate of drug-likeness (QED) is 0.323. The summed E-state index contributed by atoms with van der Waals surface area (Å²) >= 11 is 0. The van der Waals surface area contributed by atoms with Gasteiger partial charge < -0.3 is 10.9 Å². The van der Waals surface area contributed by atoms with Crippen molar-refractivity contribution in [3.8, 4) is 0 Å². The lowest BCUT2D eigenvalue weighted by Gasteiger charge is -2.20. The molecule has 1 aromatic heterocycles. The first kappa shape index (κ1) is 15.5. The number of aromatic nitrogens is 2. The van der Waals surface area contributed by atoms with Crippen LogP contribution in [-0.4, -0.2) is 38.8 Å². The average molecular weight is 267 g/mol. The molecule has 108 valence electrons. The van der Waals surface area contributed by atoms with Gasteiger partial charge in [-0.05, 0) is 26.0 Å². The van der Waals surface area contributed by atoms with Gasteiger partial charge in [0.1, 0.15) is 5.84 Å². The fourth-order valence-corrected chi connectivity index (χ4v) is 1.99. The molecule has 0 aliphatic carbocycles. The van der Waals surface area contributed by atoms with Crippen LogP contribution in [0, 0.1) is 0 Å². The van der Waals surface area contributed by atoms with E-state index in [4.69, 9.17) is 10.9 Å². The van der Waals surface area contributed by atoms with Crippen LogP contribution in [0.3, 0.4) is 0 Å². The van der Waals surface area contributed by atoms with Crippen LogP contribution >= 0.6 is 0 Å². The smallest absolute Gasteiger partial charge is 0.140 e. The van der Waals surface area contributed by atoms with Crippen molar-refractivity contribution in [2.75, 3.05) is 13.1 Å². The summed E-state index contributed by atoms with van der Waals surface area (Å²) in [6.45, 7) is 9.76. The van der Waals surface area contributed by atoms with E-state index >= 15 is 0 Å². The molecule has 0 aliphatic rings. The van der Waals surface area contributed by atoms with Gasteiger partial charge in [-0.25, -0.2) is 0 Å². The molecular formula is C13H25N5O. The van der Waals surface area contributed by atoms with Crippen molar-refractivity contribution >= 4 is 5.84 Å². The standard InChI is InChI=1S/C13H25N5O/c1-4-11-9-12(18(6-3)15-11)10-17(5-2)8-7-13(14)16-19/h9,19H,4-8,10H2,1-3H3,(H2,14,16). The number of oxime groups is 1. The zero-order valence-electron chi connectivity index (χ0n) is 12.1. The number of rotatable bonds is 8. The van der Waals surface area contributed by atoms with Crippen LogP contribution in [0.25, 0.3) is 0 Å². The van der Waals surface area contributed by atoms with Crippen molar-refractivity contribution in [3.05, 3.63) is 17.5 Å². The van der Waals surface area contributed by atoms with Crippen LogP contribution < -0.4 is 5.73 Å². The highest BCUT2D eigenvalue weighted by atomic mass is 16.4. The molecule has 0 spiro atoms. The molecule has 0 unspecified atom stereocenters. The van der Waals surface area contributed by atoms with Crippen LogP contribution in [0.5, 0.6) is 0 Å². The number of amidine groups is 1. The predicted octanol–water partition coefficient (Wildman–Crippen LogP) is 1.42. The van der Waals surface area contributed by atoms with E-state index in [0.717, 1.165) is 38.3 Å². The average Bonchev–Trinajstić information content (AvgIpc) is 2.84. The van der Waals surface area contributed by atoms with E-state index in [2.05, 4.69) is 42.0 Å². The van der Waals surface area contributed by atoms with E-state index in [1.807, 2.05) is 4.68 Å². The van der Waals surface area contributed by atoms with Crippen LogP contribution in [0.15, 0.2) is 11.2 Å². The van der Waals surface area contributed by atoms with Crippen molar-refractivity contribution in [1.29, 1.82) is 0 Å². The molecular weight excluding hydrogens is 242 g/mol. The van der Waals surface area contributed by atoms with E-state index in [1.54, 1.807) is 0 Å². The Kier molecular flexibility index (Phi) is 6.35.